The predicted octanol–water partition coefficient (Wildman–Crippen LogP) is 0.996. The number of rotatable bonds is 6. The lowest BCUT2D eigenvalue weighted by atomic mass is 10.2. The molecule has 0 bridgehead atoms. The summed E-state index contributed by atoms with van der Waals surface area (Å²) in [7, 11) is 1.35. The molecule has 10 nitrogen and oxygen atoms in total. The number of aromatic nitrogens is 2. The molecule has 0 atom stereocenters. The van der Waals surface area contributed by atoms with Crippen LogP contribution in [0.2, 0.25) is 0 Å². The first-order chi connectivity index (χ1) is 12.2. The van der Waals surface area contributed by atoms with Gasteiger partial charge in [-0.3, -0.25) is 24.5 Å². The highest BCUT2D eigenvalue weighted by atomic mass is 16.6. The fraction of sp³-hybridized carbons (Fsp3) is 0.250. The minimum Gasteiger partial charge on any atom is -0.481 e. The van der Waals surface area contributed by atoms with Gasteiger partial charge < -0.3 is 10.0 Å². The lowest BCUT2D eigenvalue weighted by Gasteiger charge is -2.16. The smallest absolute Gasteiger partial charge is 0.305 e. The summed E-state index contributed by atoms with van der Waals surface area (Å²) in [5.74, 6) is -1.84. The fourth-order valence-electron chi connectivity index (χ4n) is 2.28. The Labute approximate surface area is 147 Å². The zero-order chi connectivity index (χ0) is 19.4. The zero-order valence-corrected chi connectivity index (χ0v) is 14.1. The van der Waals surface area contributed by atoms with E-state index < -0.39 is 27.9 Å². The third kappa shape index (κ3) is 3.91. The van der Waals surface area contributed by atoms with E-state index in [4.69, 9.17) is 5.11 Å². The standard InChI is InChI=1S/C16H16N4O6/c1-10-9-13(21)15(16(24)18(2)8-7-14(22)23)17-19(10)11-5-3-4-6-12(11)20(25)26/h3-6,9H,7-8H2,1-2H3,(H,22,23). The monoisotopic (exact) mass is 360 g/mol. The van der Waals surface area contributed by atoms with Crippen LogP contribution in [0.25, 0.3) is 5.69 Å². The van der Waals surface area contributed by atoms with Crippen molar-refractivity contribution in [2.24, 2.45) is 0 Å². The van der Waals surface area contributed by atoms with E-state index in [9.17, 15) is 24.5 Å². The molecule has 10 heteroatoms. The van der Waals surface area contributed by atoms with Gasteiger partial charge in [-0.05, 0) is 13.0 Å². The second-order valence-corrected chi connectivity index (χ2v) is 5.53. The Morgan fingerprint density at radius 2 is 2.00 bits per heavy atom. The van der Waals surface area contributed by atoms with Crippen molar-refractivity contribution in [3.63, 3.8) is 0 Å². The molecule has 1 aromatic heterocycles. The first-order valence-electron chi connectivity index (χ1n) is 7.54. The summed E-state index contributed by atoms with van der Waals surface area (Å²) in [5.41, 5.74) is -0.901. The van der Waals surface area contributed by atoms with Crippen LogP contribution in [0.4, 0.5) is 5.69 Å². The number of nitro benzene ring substituents is 1. The Bertz CT molecular complexity index is 937. The highest BCUT2D eigenvalue weighted by molar-refractivity contribution is 5.92. The lowest BCUT2D eigenvalue weighted by Crippen LogP contribution is -2.35. The van der Waals surface area contributed by atoms with Crippen LogP contribution < -0.4 is 5.43 Å². The van der Waals surface area contributed by atoms with Crippen LogP contribution in [-0.4, -0.2) is 50.2 Å². The second kappa shape index (κ2) is 7.55. The largest absolute Gasteiger partial charge is 0.481 e. The number of aliphatic carboxylic acids is 1. The van der Waals surface area contributed by atoms with Gasteiger partial charge in [0.2, 0.25) is 5.43 Å². The molecule has 0 saturated carbocycles. The minimum atomic E-state index is -1.08. The fourth-order valence-corrected chi connectivity index (χ4v) is 2.28. The summed E-state index contributed by atoms with van der Waals surface area (Å²) in [5, 5.41) is 23.9. The molecular weight excluding hydrogens is 344 g/mol. The van der Waals surface area contributed by atoms with Crippen molar-refractivity contribution in [2.75, 3.05) is 13.6 Å². The number of carboxylic acid groups (broad SMARTS) is 1. The molecule has 0 unspecified atom stereocenters. The van der Waals surface area contributed by atoms with Crippen molar-refractivity contribution < 1.29 is 19.6 Å². The first-order valence-corrected chi connectivity index (χ1v) is 7.54. The summed E-state index contributed by atoms with van der Waals surface area (Å²) in [6, 6.07) is 6.95. The Balaban J connectivity index is 2.51. The van der Waals surface area contributed by atoms with E-state index in [1.165, 1.54) is 32.2 Å². The third-order valence-electron chi connectivity index (χ3n) is 3.62. The minimum absolute atomic E-state index is 0.103. The van der Waals surface area contributed by atoms with Crippen LogP contribution in [0.3, 0.4) is 0 Å². The summed E-state index contributed by atoms with van der Waals surface area (Å²) in [6.45, 7) is 1.43. The molecule has 0 fully saturated rings. The lowest BCUT2D eigenvalue weighted by molar-refractivity contribution is -0.384. The van der Waals surface area contributed by atoms with E-state index in [2.05, 4.69) is 5.10 Å². The molecule has 0 spiro atoms. The third-order valence-corrected chi connectivity index (χ3v) is 3.62. The maximum absolute atomic E-state index is 12.4. The molecular formula is C16H16N4O6. The number of aryl methyl sites for hydroxylation is 1. The van der Waals surface area contributed by atoms with Crippen LogP contribution in [0.15, 0.2) is 35.1 Å². The molecule has 2 aromatic rings. The number of benzene rings is 1. The number of nitro groups is 1. The predicted molar refractivity (Wildman–Crippen MR) is 90.4 cm³/mol. The second-order valence-electron chi connectivity index (χ2n) is 5.53. The van der Waals surface area contributed by atoms with Crippen LogP contribution in [-0.2, 0) is 4.79 Å². The summed E-state index contributed by atoms with van der Waals surface area (Å²) in [4.78, 5) is 46.9. The van der Waals surface area contributed by atoms with Crippen LogP contribution in [0.5, 0.6) is 0 Å². The van der Waals surface area contributed by atoms with E-state index in [0.717, 1.165) is 15.6 Å². The number of carbonyl (C=O) groups is 2. The van der Waals surface area contributed by atoms with Crippen molar-refractivity contribution in [3.8, 4) is 5.69 Å². The van der Waals surface area contributed by atoms with Gasteiger partial charge in [-0.1, -0.05) is 12.1 Å². The molecule has 0 saturated heterocycles. The molecule has 26 heavy (non-hydrogen) atoms. The summed E-state index contributed by atoms with van der Waals surface area (Å²) in [6.07, 6.45) is -0.285. The molecule has 0 aliphatic heterocycles. The number of hydrogen-bond acceptors (Lipinski definition) is 6. The number of nitrogens with zero attached hydrogens (tertiary/aromatic N) is 4. The van der Waals surface area contributed by atoms with E-state index in [-0.39, 0.29) is 24.3 Å². The maximum Gasteiger partial charge on any atom is 0.305 e. The summed E-state index contributed by atoms with van der Waals surface area (Å²) < 4.78 is 1.15. The average molecular weight is 360 g/mol. The molecule has 136 valence electrons. The highest BCUT2D eigenvalue weighted by Crippen LogP contribution is 2.22. The van der Waals surface area contributed by atoms with Gasteiger partial charge in [0, 0.05) is 31.4 Å². The molecule has 1 heterocycles. The van der Waals surface area contributed by atoms with Crippen molar-refractivity contribution in [1.29, 1.82) is 0 Å². The van der Waals surface area contributed by atoms with Crippen molar-refractivity contribution in [3.05, 3.63) is 62.1 Å². The highest BCUT2D eigenvalue weighted by Gasteiger charge is 2.22. The first kappa shape index (κ1) is 18.8. The van der Waals surface area contributed by atoms with Crippen molar-refractivity contribution in [1.82, 2.24) is 14.7 Å². The zero-order valence-electron chi connectivity index (χ0n) is 14.1. The Hall–Kier alpha value is -3.56. The van der Waals surface area contributed by atoms with Gasteiger partial charge in [0.05, 0.1) is 11.3 Å². The van der Waals surface area contributed by atoms with Gasteiger partial charge in [0.25, 0.3) is 11.6 Å². The maximum atomic E-state index is 12.4. The van der Waals surface area contributed by atoms with E-state index in [0.29, 0.717) is 5.69 Å². The van der Waals surface area contributed by atoms with E-state index in [1.807, 2.05) is 0 Å². The SMILES string of the molecule is Cc1cc(=O)c(C(=O)N(C)CCC(=O)O)nn1-c1ccccc1[N+](=O)[O-]. The summed E-state index contributed by atoms with van der Waals surface area (Å²) >= 11 is 0. The molecule has 0 radical (unpaired) electrons. The Morgan fingerprint density at radius 3 is 2.62 bits per heavy atom. The normalized spacial score (nSPS) is 10.4. The Kier molecular flexibility index (Phi) is 5.45. The van der Waals surface area contributed by atoms with Crippen LogP contribution >= 0.6 is 0 Å². The quantitative estimate of drug-likeness (QED) is 0.599. The number of carboxylic acids is 1. The number of para-hydroxylation sites is 2. The molecule has 0 aliphatic rings. The van der Waals surface area contributed by atoms with Gasteiger partial charge >= 0.3 is 5.97 Å². The average Bonchev–Trinajstić information content (AvgIpc) is 2.59. The van der Waals surface area contributed by atoms with Crippen molar-refractivity contribution >= 4 is 17.6 Å². The molecule has 2 rings (SSSR count). The number of amides is 1. The van der Waals surface area contributed by atoms with Gasteiger partial charge in [0.1, 0.15) is 5.69 Å². The van der Waals surface area contributed by atoms with Gasteiger partial charge in [-0.2, -0.15) is 5.10 Å². The Morgan fingerprint density at radius 1 is 1.35 bits per heavy atom. The van der Waals surface area contributed by atoms with Crippen LogP contribution in [0, 0.1) is 17.0 Å². The van der Waals surface area contributed by atoms with E-state index >= 15 is 0 Å². The van der Waals surface area contributed by atoms with E-state index in [1.54, 1.807) is 6.07 Å². The van der Waals surface area contributed by atoms with Gasteiger partial charge in [0.15, 0.2) is 5.69 Å². The van der Waals surface area contributed by atoms with Crippen LogP contribution in [0.1, 0.15) is 22.6 Å². The number of carbonyl (C=O) groups excluding carboxylic acids is 1. The van der Waals surface area contributed by atoms with Gasteiger partial charge in [-0.15, -0.1) is 0 Å². The van der Waals surface area contributed by atoms with Crippen molar-refractivity contribution in [2.45, 2.75) is 13.3 Å². The molecule has 1 N–H and O–H groups in total. The number of hydrogen-bond donors (Lipinski definition) is 1. The molecule has 1 aromatic carbocycles. The van der Waals surface area contributed by atoms with Gasteiger partial charge in [-0.25, -0.2) is 4.68 Å². The molecule has 1 amide bonds. The molecule has 0 aliphatic carbocycles. The topological polar surface area (TPSA) is 136 Å².